The fraction of sp³-hybridized carbons (Fsp3) is 0.360. The van der Waals surface area contributed by atoms with Gasteiger partial charge in [-0.2, -0.15) is 0 Å². The number of rotatable bonds is 14. The smallest absolute Gasteiger partial charge is 0.250 e. The van der Waals surface area contributed by atoms with Crippen LogP contribution in [0.5, 0.6) is 0 Å². The van der Waals surface area contributed by atoms with Gasteiger partial charge >= 0.3 is 0 Å². The van der Waals surface area contributed by atoms with Crippen LogP contribution in [-0.4, -0.2) is 68.4 Å². The molecular weight excluding hydrogens is 779 g/mol. The van der Waals surface area contributed by atoms with Crippen molar-refractivity contribution in [2.24, 2.45) is 11.8 Å². The first-order chi connectivity index (χ1) is 30.2. The van der Waals surface area contributed by atoms with E-state index in [-0.39, 0.29) is 53.5 Å². The molecule has 12 heteroatoms. The second-order valence-electron chi connectivity index (χ2n) is 17.2. The Morgan fingerprint density at radius 1 is 0.565 bits per heavy atom. The minimum absolute atomic E-state index is 0.00605. The van der Waals surface area contributed by atoms with E-state index in [0.717, 1.165) is 77.9 Å². The molecule has 2 aliphatic heterocycles. The summed E-state index contributed by atoms with van der Waals surface area (Å²) in [7, 11) is 0. The SMILES string of the molecule is C[C@H](NC(=O)[C@@H]1CCCN1C(=O)[C@H](NC(=O)C1CC1)c1ccccc1)c1ccc(-c2ccc(-c3cnc([C@@H]4CCCN4C(=O)[C@H](NC(=O)C4CC4)c4ccccc4)[nH]3)cc2)cc1. The van der Waals surface area contributed by atoms with Crippen LogP contribution in [0.2, 0.25) is 0 Å². The third kappa shape index (κ3) is 8.91. The van der Waals surface area contributed by atoms with E-state index in [4.69, 9.17) is 4.98 Å². The summed E-state index contributed by atoms with van der Waals surface area (Å²) in [5.74, 6) is -0.0664. The number of hydrogen-bond acceptors (Lipinski definition) is 6. The van der Waals surface area contributed by atoms with Gasteiger partial charge < -0.3 is 30.7 Å². The molecular formula is C50H53N7O5. The second kappa shape index (κ2) is 17.8. The van der Waals surface area contributed by atoms with Gasteiger partial charge in [-0.05, 0) is 91.7 Å². The van der Waals surface area contributed by atoms with E-state index < -0.39 is 18.1 Å². The van der Waals surface area contributed by atoms with E-state index in [9.17, 15) is 24.0 Å². The van der Waals surface area contributed by atoms with E-state index in [1.54, 1.807) is 4.90 Å². The summed E-state index contributed by atoms with van der Waals surface area (Å²) >= 11 is 0. The predicted octanol–water partition coefficient (Wildman–Crippen LogP) is 7.11. The van der Waals surface area contributed by atoms with Gasteiger partial charge in [0.2, 0.25) is 29.5 Å². The van der Waals surface area contributed by atoms with Gasteiger partial charge in [0, 0.05) is 24.9 Å². The lowest BCUT2D eigenvalue weighted by Gasteiger charge is -2.30. The summed E-state index contributed by atoms with van der Waals surface area (Å²) in [5.41, 5.74) is 6.31. The van der Waals surface area contributed by atoms with Crippen molar-refractivity contribution < 1.29 is 24.0 Å². The van der Waals surface area contributed by atoms with Crippen molar-refractivity contribution in [3.05, 3.63) is 138 Å². The van der Waals surface area contributed by atoms with Gasteiger partial charge in [-0.15, -0.1) is 0 Å². The lowest BCUT2D eigenvalue weighted by molar-refractivity contribution is -0.142. The van der Waals surface area contributed by atoms with E-state index in [1.807, 2.05) is 115 Å². The lowest BCUT2D eigenvalue weighted by atomic mass is 9.99. The molecule has 1 aromatic heterocycles. The molecule has 0 spiro atoms. The first kappa shape index (κ1) is 40.8. The molecule has 3 heterocycles. The van der Waals surface area contributed by atoms with Crippen LogP contribution in [0.25, 0.3) is 22.4 Å². The van der Waals surface area contributed by atoms with Crippen molar-refractivity contribution in [2.45, 2.75) is 88.5 Å². The van der Waals surface area contributed by atoms with Crippen molar-refractivity contribution in [3.8, 4) is 22.4 Å². The quantitative estimate of drug-likeness (QED) is 0.0935. The molecule has 2 aliphatic carbocycles. The lowest BCUT2D eigenvalue weighted by Crippen LogP contribution is -2.50. The number of nitrogens with zero attached hydrogens (tertiary/aromatic N) is 3. The predicted molar refractivity (Wildman–Crippen MR) is 235 cm³/mol. The number of H-pyrrole nitrogens is 1. The highest BCUT2D eigenvalue weighted by molar-refractivity contribution is 5.94. The maximum Gasteiger partial charge on any atom is 0.250 e. The average molecular weight is 832 g/mol. The zero-order valence-corrected chi connectivity index (χ0v) is 35.0. The summed E-state index contributed by atoms with van der Waals surface area (Å²) in [6, 6.07) is 32.4. The Kier molecular flexibility index (Phi) is 11.7. The van der Waals surface area contributed by atoms with Gasteiger partial charge in [-0.3, -0.25) is 24.0 Å². The Balaban J connectivity index is 0.822. The van der Waals surface area contributed by atoms with Gasteiger partial charge in [0.25, 0.3) is 0 Å². The topological polar surface area (TPSA) is 157 Å². The van der Waals surface area contributed by atoms with E-state index in [0.29, 0.717) is 31.5 Å². The molecule has 4 fully saturated rings. The largest absolute Gasteiger partial charge is 0.348 e. The molecule has 2 saturated carbocycles. The van der Waals surface area contributed by atoms with Crippen LogP contribution >= 0.6 is 0 Å². The molecule has 5 amide bonds. The van der Waals surface area contributed by atoms with E-state index in [1.165, 1.54) is 0 Å². The minimum atomic E-state index is -0.832. The first-order valence-corrected chi connectivity index (χ1v) is 22.1. The number of benzene rings is 4. The first-order valence-electron chi connectivity index (χ1n) is 22.1. The van der Waals surface area contributed by atoms with Crippen molar-refractivity contribution in [3.63, 3.8) is 0 Å². The molecule has 0 radical (unpaired) electrons. The number of amides is 5. The van der Waals surface area contributed by atoms with Crippen LogP contribution in [0.3, 0.4) is 0 Å². The summed E-state index contributed by atoms with van der Waals surface area (Å²) in [5, 5.41) is 9.16. The molecule has 4 N–H and O–H groups in total. The molecule has 0 unspecified atom stereocenters. The number of likely N-dealkylation sites (tertiary alicyclic amines) is 2. The number of carbonyl (C=O) groups is 5. The number of aromatic amines is 1. The monoisotopic (exact) mass is 831 g/mol. The van der Waals surface area contributed by atoms with Crippen molar-refractivity contribution in [2.75, 3.05) is 13.1 Å². The fourth-order valence-electron chi connectivity index (χ4n) is 8.88. The molecule has 62 heavy (non-hydrogen) atoms. The third-order valence-corrected chi connectivity index (χ3v) is 12.8. The van der Waals surface area contributed by atoms with Gasteiger partial charge in [0.1, 0.15) is 23.9 Å². The number of aromatic nitrogens is 2. The highest BCUT2D eigenvalue weighted by atomic mass is 16.2. The van der Waals surface area contributed by atoms with Crippen LogP contribution in [0.1, 0.15) is 105 Å². The Morgan fingerprint density at radius 2 is 1.06 bits per heavy atom. The second-order valence-corrected chi connectivity index (χ2v) is 17.2. The van der Waals surface area contributed by atoms with Crippen LogP contribution in [0.4, 0.5) is 0 Å². The van der Waals surface area contributed by atoms with Gasteiger partial charge in [0.05, 0.1) is 24.0 Å². The fourth-order valence-corrected chi connectivity index (χ4v) is 8.88. The maximum atomic E-state index is 14.1. The van der Waals surface area contributed by atoms with Crippen molar-refractivity contribution >= 4 is 29.5 Å². The number of nitrogens with one attached hydrogen (secondary N) is 4. The summed E-state index contributed by atoms with van der Waals surface area (Å²) in [6.07, 6.45) is 8.12. The molecule has 4 aromatic carbocycles. The molecule has 9 rings (SSSR count). The average Bonchev–Trinajstić information content (AvgIpc) is 4.18. The highest BCUT2D eigenvalue weighted by Crippen LogP contribution is 2.36. The molecule has 5 atom stereocenters. The van der Waals surface area contributed by atoms with Crippen molar-refractivity contribution in [1.29, 1.82) is 0 Å². The Hall–Kier alpha value is -6.56. The minimum Gasteiger partial charge on any atom is -0.348 e. The molecule has 318 valence electrons. The van der Waals surface area contributed by atoms with Gasteiger partial charge in [-0.1, -0.05) is 109 Å². The zero-order chi connectivity index (χ0) is 42.7. The zero-order valence-electron chi connectivity index (χ0n) is 35.0. The summed E-state index contributed by atoms with van der Waals surface area (Å²) < 4.78 is 0. The van der Waals surface area contributed by atoms with Gasteiger partial charge in [-0.25, -0.2) is 4.98 Å². The van der Waals surface area contributed by atoms with Crippen molar-refractivity contribution in [1.82, 2.24) is 35.7 Å². The van der Waals surface area contributed by atoms with Crippen LogP contribution in [0, 0.1) is 11.8 Å². The van der Waals surface area contributed by atoms with E-state index >= 15 is 0 Å². The van der Waals surface area contributed by atoms with Crippen LogP contribution in [-0.2, 0) is 24.0 Å². The highest BCUT2D eigenvalue weighted by Gasteiger charge is 2.41. The Morgan fingerprint density at radius 3 is 1.63 bits per heavy atom. The van der Waals surface area contributed by atoms with Gasteiger partial charge in [0.15, 0.2) is 0 Å². The molecule has 5 aromatic rings. The Bertz CT molecular complexity index is 2410. The number of imidazole rings is 1. The summed E-state index contributed by atoms with van der Waals surface area (Å²) in [6.45, 7) is 3.00. The van der Waals surface area contributed by atoms with Crippen LogP contribution < -0.4 is 16.0 Å². The molecule has 12 nitrogen and oxygen atoms in total. The van der Waals surface area contributed by atoms with Crippen LogP contribution in [0.15, 0.2) is 115 Å². The molecule has 0 bridgehead atoms. The number of hydrogen-bond donors (Lipinski definition) is 4. The number of carbonyl (C=O) groups excluding carboxylic acids is 5. The molecule has 2 saturated heterocycles. The standard InChI is InChI=1S/C50H53N7O5/c1-31(52-48(60)42-15-9-29-57(42)50(62)44(37-12-6-3-7-13-37)55-47(59)39-26-27-39)32-16-18-33(19-17-32)34-20-22-35(23-21-34)40-30-51-45(53-40)41-14-8-28-56(41)49(61)43(36-10-4-2-5-11-36)54-46(58)38-24-25-38/h2-7,10-13,16-23,30-31,38-39,41-44H,8-9,14-15,24-29H2,1H3,(H,51,53)(H,52,60)(H,54,58)(H,55,59)/t31-,41-,42-,43+,44+/m0/s1. The molecule has 4 aliphatic rings. The normalized spacial score (nSPS) is 20.0. The maximum absolute atomic E-state index is 14.1. The third-order valence-electron chi connectivity index (χ3n) is 12.8. The Labute approximate surface area is 361 Å². The van der Waals surface area contributed by atoms with E-state index in [2.05, 4.69) is 33.1 Å². The summed E-state index contributed by atoms with van der Waals surface area (Å²) in [4.78, 5) is 79.1.